The molecule has 1 atom stereocenters. The Bertz CT molecular complexity index is 158. The molecule has 0 spiro atoms. The first-order valence-electron chi connectivity index (χ1n) is 7.07. The van der Waals surface area contributed by atoms with Crippen molar-refractivity contribution in [2.75, 3.05) is 19.6 Å². The summed E-state index contributed by atoms with van der Waals surface area (Å²) in [5.74, 6) is 0.834. The van der Waals surface area contributed by atoms with Crippen LogP contribution in [0.15, 0.2) is 0 Å². The standard InChI is InChI=1S/C14H30N2/c1-12(2)8-10-16-9-6-5-7-14(16)11-15-13(3)4/h12-15H,5-11H2,1-4H3. The fraction of sp³-hybridized carbons (Fsp3) is 1.00. The predicted octanol–water partition coefficient (Wildman–Crippen LogP) is 2.89. The highest BCUT2D eigenvalue weighted by atomic mass is 15.2. The van der Waals surface area contributed by atoms with Gasteiger partial charge >= 0.3 is 0 Å². The summed E-state index contributed by atoms with van der Waals surface area (Å²) < 4.78 is 0. The first-order chi connectivity index (χ1) is 7.59. The Hall–Kier alpha value is -0.0800. The van der Waals surface area contributed by atoms with E-state index in [1.807, 2.05) is 0 Å². The molecule has 96 valence electrons. The predicted molar refractivity (Wildman–Crippen MR) is 71.8 cm³/mol. The van der Waals surface area contributed by atoms with Gasteiger partial charge in [0.05, 0.1) is 0 Å². The van der Waals surface area contributed by atoms with Crippen LogP contribution in [0.2, 0.25) is 0 Å². The molecule has 1 fully saturated rings. The third kappa shape index (κ3) is 5.31. The molecule has 2 nitrogen and oxygen atoms in total. The van der Waals surface area contributed by atoms with Gasteiger partial charge in [-0.1, -0.05) is 34.1 Å². The van der Waals surface area contributed by atoms with E-state index in [0.29, 0.717) is 6.04 Å². The largest absolute Gasteiger partial charge is 0.313 e. The van der Waals surface area contributed by atoms with Gasteiger partial charge in [0.2, 0.25) is 0 Å². The maximum absolute atomic E-state index is 3.59. The normalized spacial score (nSPS) is 23.2. The molecule has 0 radical (unpaired) electrons. The van der Waals surface area contributed by atoms with Gasteiger partial charge in [-0.2, -0.15) is 0 Å². The first-order valence-corrected chi connectivity index (χ1v) is 7.07. The Morgan fingerprint density at radius 2 is 1.94 bits per heavy atom. The molecule has 0 aromatic rings. The molecule has 2 heteroatoms. The minimum atomic E-state index is 0.619. The number of likely N-dealkylation sites (tertiary alicyclic amines) is 1. The lowest BCUT2D eigenvalue weighted by atomic mass is 10.0. The molecule has 0 aromatic carbocycles. The maximum atomic E-state index is 3.59. The van der Waals surface area contributed by atoms with Crippen LogP contribution in [0, 0.1) is 5.92 Å². The summed E-state index contributed by atoms with van der Waals surface area (Å²) in [6.45, 7) is 12.9. The number of rotatable bonds is 6. The average Bonchev–Trinajstić information content (AvgIpc) is 2.24. The van der Waals surface area contributed by atoms with Crippen LogP contribution in [-0.4, -0.2) is 36.6 Å². The minimum Gasteiger partial charge on any atom is -0.313 e. The van der Waals surface area contributed by atoms with Crippen LogP contribution in [0.4, 0.5) is 0 Å². The maximum Gasteiger partial charge on any atom is 0.0220 e. The van der Waals surface area contributed by atoms with E-state index in [1.165, 1.54) is 45.3 Å². The van der Waals surface area contributed by atoms with Crippen LogP contribution < -0.4 is 5.32 Å². The molecular formula is C14H30N2. The van der Waals surface area contributed by atoms with E-state index in [0.717, 1.165) is 12.0 Å². The number of nitrogens with one attached hydrogen (secondary N) is 1. The molecule has 1 aliphatic heterocycles. The lowest BCUT2D eigenvalue weighted by Gasteiger charge is -2.36. The van der Waals surface area contributed by atoms with Gasteiger partial charge in [-0.15, -0.1) is 0 Å². The SMILES string of the molecule is CC(C)CCN1CCCCC1CNC(C)C. The first kappa shape index (κ1) is 14.0. The average molecular weight is 226 g/mol. The van der Waals surface area contributed by atoms with Crippen LogP contribution in [0.25, 0.3) is 0 Å². The quantitative estimate of drug-likeness (QED) is 0.749. The van der Waals surface area contributed by atoms with Gasteiger partial charge in [0.1, 0.15) is 0 Å². The van der Waals surface area contributed by atoms with Crippen molar-refractivity contribution in [2.24, 2.45) is 5.92 Å². The number of piperidine rings is 1. The van der Waals surface area contributed by atoms with Gasteiger partial charge in [-0.3, -0.25) is 4.90 Å². The van der Waals surface area contributed by atoms with Crippen molar-refractivity contribution >= 4 is 0 Å². The zero-order valence-corrected chi connectivity index (χ0v) is 11.6. The van der Waals surface area contributed by atoms with Crippen molar-refractivity contribution in [2.45, 2.75) is 65.5 Å². The Morgan fingerprint density at radius 1 is 1.19 bits per heavy atom. The van der Waals surface area contributed by atoms with E-state index < -0.39 is 0 Å². The molecule has 0 bridgehead atoms. The summed E-state index contributed by atoms with van der Waals surface area (Å²) in [5, 5.41) is 3.59. The van der Waals surface area contributed by atoms with E-state index in [1.54, 1.807) is 0 Å². The van der Waals surface area contributed by atoms with Crippen molar-refractivity contribution in [3.8, 4) is 0 Å². The number of nitrogens with zero attached hydrogens (tertiary/aromatic N) is 1. The van der Waals surface area contributed by atoms with Crippen LogP contribution in [0.1, 0.15) is 53.4 Å². The molecule has 1 saturated heterocycles. The summed E-state index contributed by atoms with van der Waals surface area (Å²) in [7, 11) is 0. The third-order valence-electron chi connectivity index (χ3n) is 3.50. The van der Waals surface area contributed by atoms with Gasteiger partial charge in [-0.05, 0) is 38.3 Å². The molecule has 1 heterocycles. The lowest BCUT2D eigenvalue weighted by molar-refractivity contribution is 0.137. The van der Waals surface area contributed by atoms with Gasteiger partial charge in [0.25, 0.3) is 0 Å². The van der Waals surface area contributed by atoms with Gasteiger partial charge in [0, 0.05) is 18.6 Å². The van der Waals surface area contributed by atoms with Crippen molar-refractivity contribution in [3.05, 3.63) is 0 Å². The number of hydrogen-bond donors (Lipinski definition) is 1. The molecule has 0 aliphatic carbocycles. The van der Waals surface area contributed by atoms with Crippen molar-refractivity contribution in [3.63, 3.8) is 0 Å². The molecule has 1 rings (SSSR count). The highest BCUT2D eigenvalue weighted by Crippen LogP contribution is 2.17. The third-order valence-corrected chi connectivity index (χ3v) is 3.50. The molecule has 16 heavy (non-hydrogen) atoms. The summed E-state index contributed by atoms with van der Waals surface area (Å²) >= 11 is 0. The zero-order chi connectivity index (χ0) is 12.0. The number of hydrogen-bond acceptors (Lipinski definition) is 2. The summed E-state index contributed by atoms with van der Waals surface area (Å²) in [4.78, 5) is 2.71. The summed E-state index contributed by atoms with van der Waals surface area (Å²) in [6, 6.07) is 1.41. The highest BCUT2D eigenvalue weighted by molar-refractivity contribution is 4.79. The van der Waals surface area contributed by atoms with Crippen molar-refractivity contribution < 1.29 is 0 Å². The lowest BCUT2D eigenvalue weighted by Crippen LogP contribution is -2.47. The van der Waals surface area contributed by atoms with E-state index >= 15 is 0 Å². The molecule has 0 amide bonds. The van der Waals surface area contributed by atoms with Gasteiger partial charge in [0.15, 0.2) is 0 Å². The Kier molecular flexibility index (Phi) is 6.37. The fourth-order valence-corrected chi connectivity index (χ4v) is 2.38. The Balaban J connectivity index is 2.31. The fourth-order valence-electron chi connectivity index (χ4n) is 2.38. The minimum absolute atomic E-state index is 0.619. The van der Waals surface area contributed by atoms with Crippen LogP contribution >= 0.6 is 0 Å². The molecule has 0 aromatic heterocycles. The highest BCUT2D eigenvalue weighted by Gasteiger charge is 2.21. The second kappa shape index (κ2) is 7.29. The summed E-state index contributed by atoms with van der Waals surface area (Å²) in [5.41, 5.74) is 0. The monoisotopic (exact) mass is 226 g/mol. The smallest absolute Gasteiger partial charge is 0.0220 e. The van der Waals surface area contributed by atoms with Crippen LogP contribution in [0.5, 0.6) is 0 Å². The van der Waals surface area contributed by atoms with Gasteiger partial charge < -0.3 is 5.32 Å². The molecule has 0 saturated carbocycles. The van der Waals surface area contributed by atoms with Crippen molar-refractivity contribution in [1.29, 1.82) is 0 Å². The van der Waals surface area contributed by atoms with E-state index in [2.05, 4.69) is 37.9 Å². The van der Waals surface area contributed by atoms with Crippen LogP contribution in [-0.2, 0) is 0 Å². The molecule has 1 N–H and O–H groups in total. The van der Waals surface area contributed by atoms with E-state index in [4.69, 9.17) is 0 Å². The second-order valence-corrected chi connectivity index (χ2v) is 5.93. The van der Waals surface area contributed by atoms with Crippen LogP contribution in [0.3, 0.4) is 0 Å². The Morgan fingerprint density at radius 3 is 2.56 bits per heavy atom. The molecule has 1 aliphatic rings. The summed E-state index contributed by atoms with van der Waals surface area (Å²) in [6.07, 6.45) is 5.55. The molecular weight excluding hydrogens is 196 g/mol. The van der Waals surface area contributed by atoms with Crippen molar-refractivity contribution in [1.82, 2.24) is 10.2 Å². The van der Waals surface area contributed by atoms with E-state index in [-0.39, 0.29) is 0 Å². The topological polar surface area (TPSA) is 15.3 Å². The Labute approximate surface area is 102 Å². The molecule has 1 unspecified atom stereocenters. The van der Waals surface area contributed by atoms with E-state index in [9.17, 15) is 0 Å². The van der Waals surface area contributed by atoms with Gasteiger partial charge in [-0.25, -0.2) is 0 Å². The zero-order valence-electron chi connectivity index (χ0n) is 11.6. The second-order valence-electron chi connectivity index (χ2n) is 5.93.